The Labute approximate surface area is 258 Å². The molecule has 2 saturated carbocycles. The van der Waals surface area contributed by atoms with Crippen LogP contribution in [0.3, 0.4) is 0 Å². The molecule has 0 heterocycles. The van der Waals surface area contributed by atoms with Crippen molar-refractivity contribution in [1.29, 1.82) is 0 Å². The topological polar surface area (TPSA) is 0 Å². The van der Waals surface area contributed by atoms with E-state index in [9.17, 15) is 0 Å². The fourth-order valence-corrected chi connectivity index (χ4v) is 18.1. The van der Waals surface area contributed by atoms with E-state index in [1.807, 2.05) is 0 Å². The molecule has 1 heteroatoms. The summed E-state index contributed by atoms with van der Waals surface area (Å²) in [6.45, 7) is 19.6. The summed E-state index contributed by atoms with van der Waals surface area (Å²) in [6.07, 6.45) is 17.8. The second kappa shape index (κ2) is 11.3. The second-order valence-corrected chi connectivity index (χ2v) is 20.7. The van der Waals surface area contributed by atoms with E-state index in [2.05, 4.69) is 140 Å². The molecule has 2 fully saturated rings. The lowest BCUT2D eigenvalue weighted by atomic mass is 9.80. The molecular weight excluding hydrogens is 521 g/mol. The van der Waals surface area contributed by atoms with Gasteiger partial charge in [-0.15, -0.1) is 0 Å². The van der Waals surface area contributed by atoms with Crippen LogP contribution in [0.4, 0.5) is 0 Å². The van der Waals surface area contributed by atoms with Gasteiger partial charge in [-0.2, -0.15) is 0 Å². The summed E-state index contributed by atoms with van der Waals surface area (Å²) in [4.78, 5) is 0. The van der Waals surface area contributed by atoms with Gasteiger partial charge in [0.2, 0.25) is 0 Å². The van der Waals surface area contributed by atoms with E-state index in [4.69, 9.17) is 0 Å². The van der Waals surface area contributed by atoms with Crippen molar-refractivity contribution in [2.24, 2.45) is 35.5 Å². The minimum absolute atomic E-state index is 0.195. The van der Waals surface area contributed by atoms with Crippen molar-refractivity contribution in [3.63, 3.8) is 0 Å². The molecule has 0 nitrogen and oxygen atoms in total. The zero-order valence-electron chi connectivity index (χ0n) is 27.5. The lowest BCUT2D eigenvalue weighted by Crippen LogP contribution is -2.50. The minimum Gasteiger partial charge on any atom is -0.0808 e. The maximum atomic E-state index is 2.66. The molecule has 0 bridgehead atoms. The highest BCUT2D eigenvalue weighted by Gasteiger charge is 2.60. The lowest BCUT2D eigenvalue weighted by Gasteiger charge is -2.49. The van der Waals surface area contributed by atoms with Crippen LogP contribution in [-0.4, -0.2) is 8.07 Å². The molecule has 0 aromatic heterocycles. The van der Waals surface area contributed by atoms with Gasteiger partial charge in [0.25, 0.3) is 0 Å². The summed E-state index contributed by atoms with van der Waals surface area (Å²) >= 11 is 0. The standard InChI is InChI=1S/C41H54Si/c1-9-42(10-2,39-28(4)25-37-33(13-11-15-35(37)39)30-19-17-27(3)18-20-30)40-29(5)26-38-34(14-12-16-36(38)40)31-21-23-32(24-22-31)41(6,7)8/h11-24,28-29,35-40H,9-10,25-26H2,1-8H3. The molecule has 2 aromatic rings. The first-order chi connectivity index (χ1) is 20.1. The van der Waals surface area contributed by atoms with Crippen molar-refractivity contribution in [2.75, 3.05) is 0 Å². The maximum Gasteiger partial charge on any atom is 0.0609 e. The highest BCUT2D eigenvalue weighted by atomic mass is 28.3. The maximum absolute atomic E-state index is 2.66. The highest BCUT2D eigenvalue weighted by molar-refractivity contribution is 6.83. The lowest BCUT2D eigenvalue weighted by molar-refractivity contribution is 0.486. The monoisotopic (exact) mass is 574 g/mol. The van der Waals surface area contributed by atoms with Gasteiger partial charge in [0, 0.05) is 0 Å². The summed E-state index contributed by atoms with van der Waals surface area (Å²) in [5.74, 6) is 4.32. The van der Waals surface area contributed by atoms with Crippen molar-refractivity contribution in [3.8, 4) is 0 Å². The first-order valence-electron chi connectivity index (χ1n) is 17.0. The third-order valence-corrected chi connectivity index (χ3v) is 19.6. The van der Waals surface area contributed by atoms with E-state index in [1.54, 1.807) is 11.1 Å². The first kappa shape index (κ1) is 29.7. The molecule has 0 radical (unpaired) electrons. The zero-order chi connectivity index (χ0) is 29.8. The Kier molecular flexibility index (Phi) is 7.97. The van der Waals surface area contributed by atoms with Gasteiger partial charge in [0.15, 0.2) is 0 Å². The van der Waals surface area contributed by atoms with Crippen molar-refractivity contribution >= 4 is 19.2 Å². The molecule has 6 rings (SSSR count). The molecule has 4 aliphatic carbocycles. The van der Waals surface area contributed by atoms with E-state index in [0.29, 0.717) is 23.7 Å². The number of benzene rings is 2. The number of allylic oxidation sites excluding steroid dienone is 8. The molecular formula is C41H54Si. The van der Waals surface area contributed by atoms with E-state index >= 15 is 0 Å². The minimum atomic E-state index is -1.68. The highest BCUT2D eigenvalue weighted by Crippen LogP contribution is 2.66. The molecule has 222 valence electrons. The van der Waals surface area contributed by atoms with E-state index in [-0.39, 0.29) is 5.41 Å². The Morgan fingerprint density at radius 2 is 1.10 bits per heavy atom. The van der Waals surface area contributed by atoms with Gasteiger partial charge in [-0.3, -0.25) is 0 Å². The van der Waals surface area contributed by atoms with Crippen LogP contribution in [0.1, 0.15) is 83.6 Å². The molecule has 2 aromatic carbocycles. The van der Waals surface area contributed by atoms with Crippen molar-refractivity contribution < 1.29 is 0 Å². The molecule has 8 atom stereocenters. The van der Waals surface area contributed by atoms with Crippen molar-refractivity contribution in [2.45, 2.75) is 96.8 Å². The molecule has 8 unspecified atom stereocenters. The van der Waals surface area contributed by atoms with Crippen LogP contribution in [0.5, 0.6) is 0 Å². The summed E-state index contributed by atoms with van der Waals surface area (Å²) in [5.41, 5.74) is 10.8. The number of aryl methyl sites for hydroxylation is 1. The van der Waals surface area contributed by atoms with Gasteiger partial charge >= 0.3 is 0 Å². The van der Waals surface area contributed by atoms with Gasteiger partial charge in [0.05, 0.1) is 8.07 Å². The number of hydrogen-bond acceptors (Lipinski definition) is 0. The smallest absolute Gasteiger partial charge is 0.0609 e. The Hall–Kier alpha value is -2.38. The summed E-state index contributed by atoms with van der Waals surface area (Å²) in [7, 11) is -1.68. The zero-order valence-corrected chi connectivity index (χ0v) is 28.5. The predicted molar refractivity (Wildman–Crippen MR) is 186 cm³/mol. The third kappa shape index (κ3) is 4.88. The molecule has 4 aliphatic rings. The molecule has 0 spiro atoms. The van der Waals surface area contributed by atoms with Crippen LogP contribution in [0, 0.1) is 42.4 Å². The van der Waals surface area contributed by atoms with Gasteiger partial charge < -0.3 is 0 Å². The largest absolute Gasteiger partial charge is 0.0808 e. The molecule has 0 N–H and O–H groups in total. The molecule has 0 saturated heterocycles. The fraction of sp³-hybridized carbons (Fsp3) is 0.512. The summed E-state index contributed by atoms with van der Waals surface area (Å²) in [6, 6.07) is 21.8. The second-order valence-electron chi connectivity index (χ2n) is 15.5. The van der Waals surface area contributed by atoms with Crippen LogP contribution >= 0.6 is 0 Å². The van der Waals surface area contributed by atoms with E-state index in [1.165, 1.54) is 47.2 Å². The predicted octanol–water partition coefficient (Wildman–Crippen LogP) is 11.7. The average Bonchev–Trinajstić information content (AvgIpc) is 3.51. The fourth-order valence-electron chi connectivity index (χ4n) is 10.5. The number of fused-ring (bicyclic) bond motifs is 2. The quantitative estimate of drug-likeness (QED) is 0.301. The van der Waals surface area contributed by atoms with Gasteiger partial charge in [-0.1, -0.05) is 151 Å². The molecule has 42 heavy (non-hydrogen) atoms. The Bertz CT molecular complexity index is 1390. The normalized spacial score (nSPS) is 32.4. The molecule has 0 amide bonds. The Morgan fingerprint density at radius 3 is 1.50 bits per heavy atom. The first-order valence-corrected chi connectivity index (χ1v) is 19.6. The Balaban J connectivity index is 1.32. The molecule has 0 aliphatic heterocycles. The summed E-state index contributed by atoms with van der Waals surface area (Å²) < 4.78 is 0. The van der Waals surface area contributed by atoms with E-state index < -0.39 is 8.07 Å². The van der Waals surface area contributed by atoms with E-state index in [0.717, 1.165) is 22.9 Å². The van der Waals surface area contributed by atoms with Gasteiger partial charge in [0.1, 0.15) is 0 Å². The van der Waals surface area contributed by atoms with Crippen LogP contribution in [0.2, 0.25) is 23.2 Å². The SMILES string of the molecule is CC[Si](CC)(C1C(C)CC2C(c3ccc(C)cc3)=CC=CC21)C1C(C)CC2C(c3ccc(C(C)(C)C)cc3)=CC=CC21. The van der Waals surface area contributed by atoms with Crippen LogP contribution in [0.25, 0.3) is 11.1 Å². The third-order valence-electron chi connectivity index (χ3n) is 12.4. The van der Waals surface area contributed by atoms with Crippen LogP contribution < -0.4 is 0 Å². The number of rotatable bonds is 6. The van der Waals surface area contributed by atoms with Gasteiger partial charge in [-0.25, -0.2) is 0 Å². The van der Waals surface area contributed by atoms with Crippen LogP contribution in [-0.2, 0) is 5.41 Å². The van der Waals surface area contributed by atoms with Crippen molar-refractivity contribution in [1.82, 2.24) is 0 Å². The van der Waals surface area contributed by atoms with Crippen LogP contribution in [0.15, 0.2) is 85.0 Å². The summed E-state index contributed by atoms with van der Waals surface area (Å²) in [5, 5.41) is 0. The average molecular weight is 575 g/mol. The van der Waals surface area contributed by atoms with Crippen molar-refractivity contribution in [3.05, 3.63) is 107 Å². The Morgan fingerprint density at radius 1 is 0.667 bits per heavy atom. The van der Waals surface area contributed by atoms with Gasteiger partial charge in [-0.05, 0) is 99.6 Å². The number of hydrogen-bond donors (Lipinski definition) is 0.